The number of aromatic hydroxyl groups is 1. The Kier molecular flexibility index (Phi) is 3.30. The second kappa shape index (κ2) is 5.11. The number of benzene rings is 1. The highest BCUT2D eigenvalue weighted by atomic mass is 35.5. The minimum absolute atomic E-state index is 0.0248. The highest BCUT2D eigenvalue weighted by Crippen LogP contribution is 2.28. The molecule has 5 nitrogen and oxygen atoms in total. The third-order valence-electron chi connectivity index (χ3n) is 2.57. The SMILES string of the molecule is Oc1cncc(-c2nc(-c3ccc(Cl)c(Cl)c3)no2)c1. The summed E-state index contributed by atoms with van der Waals surface area (Å²) in [5.74, 6) is 0.660. The van der Waals surface area contributed by atoms with E-state index in [2.05, 4.69) is 15.1 Å². The first-order chi connectivity index (χ1) is 9.63. The third kappa shape index (κ3) is 2.45. The summed E-state index contributed by atoms with van der Waals surface area (Å²) in [5, 5.41) is 14.1. The molecule has 3 rings (SSSR count). The Balaban J connectivity index is 1.99. The molecule has 2 heterocycles. The fourth-order valence-corrected chi connectivity index (χ4v) is 1.94. The molecule has 0 saturated carbocycles. The summed E-state index contributed by atoms with van der Waals surface area (Å²) in [5.41, 5.74) is 1.21. The number of halogens is 2. The van der Waals surface area contributed by atoms with Gasteiger partial charge in [-0.05, 0) is 24.3 Å². The minimum atomic E-state index is 0.0248. The van der Waals surface area contributed by atoms with Gasteiger partial charge in [-0.1, -0.05) is 28.4 Å². The summed E-state index contributed by atoms with van der Waals surface area (Å²) in [6, 6.07) is 6.53. The van der Waals surface area contributed by atoms with Crippen LogP contribution in [0.4, 0.5) is 0 Å². The van der Waals surface area contributed by atoms with Crippen molar-refractivity contribution in [3.63, 3.8) is 0 Å². The molecular weight excluding hydrogens is 301 g/mol. The Morgan fingerprint density at radius 1 is 1.00 bits per heavy atom. The Hall–Kier alpha value is -2.11. The summed E-state index contributed by atoms with van der Waals surface area (Å²) < 4.78 is 5.14. The molecule has 0 aliphatic carbocycles. The Bertz CT molecular complexity index is 774. The lowest BCUT2D eigenvalue weighted by Crippen LogP contribution is -1.82. The quantitative estimate of drug-likeness (QED) is 0.779. The van der Waals surface area contributed by atoms with E-state index in [1.54, 1.807) is 18.2 Å². The van der Waals surface area contributed by atoms with Gasteiger partial charge in [0.25, 0.3) is 5.89 Å². The van der Waals surface area contributed by atoms with Crippen LogP contribution in [0, 0.1) is 0 Å². The smallest absolute Gasteiger partial charge is 0.259 e. The van der Waals surface area contributed by atoms with Crippen LogP contribution in [-0.4, -0.2) is 20.2 Å². The molecule has 0 spiro atoms. The van der Waals surface area contributed by atoms with Crippen molar-refractivity contribution in [2.24, 2.45) is 0 Å². The molecule has 0 amide bonds. The van der Waals surface area contributed by atoms with E-state index < -0.39 is 0 Å². The lowest BCUT2D eigenvalue weighted by atomic mass is 10.2. The maximum absolute atomic E-state index is 9.38. The van der Waals surface area contributed by atoms with E-state index in [9.17, 15) is 5.11 Å². The summed E-state index contributed by atoms with van der Waals surface area (Å²) in [7, 11) is 0. The van der Waals surface area contributed by atoms with Crippen LogP contribution >= 0.6 is 23.2 Å². The van der Waals surface area contributed by atoms with Gasteiger partial charge in [0, 0.05) is 11.8 Å². The molecule has 20 heavy (non-hydrogen) atoms. The van der Waals surface area contributed by atoms with Crippen molar-refractivity contribution >= 4 is 23.2 Å². The van der Waals surface area contributed by atoms with Gasteiger partial charge in [0.2, 0.25) is 5.82 Å². The van der Waals surface area contributed by atoms with Crippen LogP contribution in [0.1, 0.15) is 0 Å². The molecule has 0 bridgehead atoms. The summed E-state index contributed by atoms with van der Waals surface area (Å²) in [4.78, 5) is 8.08. The Morgan fingerprint density at radius 3 is 2.60 bits per heavy atom. The minimum Gasteiger partial charge on any atom is -0.506 e. The fourth-order valence-electron chi connectivity index (χ4n) is 1.64. The number of hydrogen-bond acceptors (Lipinski definition) is 5. The average molecular weight is 308 g/mol. The van der Waals surface area contributed by atoms with Gasteiger partial charge < -0.3 is 9.63 Å². The van der Waals surface area contributed by atoms with Crippen LogP contribution in [0.2, 0.25) is 10.0 Å². The van der Waals surface area contributed by atoms with Gasteiger partial charge >= 0.3 is 0 Å². The highest BCUT2D eigenvalue weighted by molar-refractivity contribution is 6.42. The molecule has 1 aromatic carbocycles. The van der Waals surface area contributed by atoms with Gasteiger partial charge in [-0.2, -0.15) is 4.98 Å². The fraction of sp³-hybridized carbons (Fsp3) is 0. The van der Waals surface area contributed by atoms with E-state index >= 15 is 0 Å². The normalized spacial score (nSPS) is 10.7. The van der Waals surface area contributed by atoms with Gasteiger partial charge in [0.15, 0.2) is 0 Å². The van der Waals surface area contributed by atoms with Crippen molar-refractivity contribution < 1.29 is 9.63 Å². The zero-order valence-corrected chi connectivity index (χ0v) is 11.4. The lowest BCUT2D eigenvalue weighted by molar-refractivity contribution is 0.431. The second-order valence-corrected chi connectivity index (χ2v) is 4.80. The van der Waals surface area contributed by atoms with E-state index in [0.717, 1.165) is 0 Å². The zero-order valence-electron chi connectivity index (χ0n) is 9.92. The first kappa shape index (κ1) is 12.9. The molecule has 0 radical (unpaired) electrons. The first-order valence-electron chi connectivity index (χ1n) is 5.57. The van der Waals surface area contributed by atoms with Gasteiger partial charge in [0.1, 0.15) is 5.75 Å². The van der Waals surface area contributed by atoms with Crippen molar-refractivity contribution in [1.29, 1.82) is 0 Å². The summed E-state index contributed by atoms with van der Waals surface area (Å²) in [6.45, 7) is 0. The topological polar surface area (TPSA) is 72.0 Å². The molecule has 0 aliphatic rings. The molecule has 7 heteroatoms. The van der Waals surface area contributed by atoms with Crippen LogP contribution in [0.15, 0.2) is 41.2 Å². The molecular formula is C13H7Cl2N3O2. The van der Waals surface area contributed by atoms with Crippen LogP contribution < -0.4 is 0 Å². The predicted molar refractivity (Wildman–Crippen MR) is 74.6 cm³/mol. The van der Waals surface area contributed by atoms with Crippen LogP contribution in [0.5, 0.6) is 5.75 Å². The summed E-state index contributed by atoms with van der Waals surface area (Å²) >= 11 is 11.8. The van der Waals surface area contributed by atoms with E-state index in [-0.39, 0.29) is 11.6 Å². The molecule has 1 N–H and O–H groups in total. The Labute approximate surface area is 123 Å². The summed E-state index contributed by atoms with van der Waals surface area (Å²) in [6.07, 6.45) is 2.84. The van der Waals surface area contributed by atoms with E-state index in [1.165, 1.54) is 18.5 Å². The van der Waals surface area contributed by atoms with Crippen molar-refractivity contribution in [2.45, 2.75) is 0 Å². The van der Waals surface area contributed by atoms with Crippen LogP contribution in [0.3, 0.4) is 0 Å². The second-order valence-electron chi connectivity index (χ2n) is 3.98. The molecule has 0 aliphatic heterocycles. The van der Waals surface area contributed by atoms with E-state index in [4.69, 9.17) is 27.7 Å². The highest BCUT2D eigenvalue weighted by Gasteiger charge is 2.12. The van der Waals surface area contributed by atoms with Crippen molar-refractivity contribution in [3.05, 3.63) is 46.7 Å². The van der Waals surface area contributed by atoms with Crippen molar-refractivity contribution in [2.75, 3.05) is 0 Å². The van der Waals surface area contributed by atoms with Gasteiger partial charge in [-0.15, -0.1) is 0 Å². The third-order valence-corrected chi connectivity index (χ3v) is 3.31. The standard InChI is InChI=1S/C13H7Cl2N3O2/c14-10-2-1-7(4-11(10)15)12-17-13(20-18-12)8-3-9(19)6-16-5-8/h1-6,19H. The average Bonchev–Trinajstić information content (AvgIpc) is 2.92. The van der Waals surface area contributed by atoms with E-state index in [1.807, 2.05) is 0 Å². The van der Waals surface area contributed by atoms with E-state index in [0.29, 0.717) is 27.0 Å². The predicted octanol–water partition coefficient (Wildman–Crippen LogP) is 3.81. The van der Waals surface area contributed by atoms with Gasteiger partial charge in [0.05, 0.1) is 21.8 Å². The molecule has 2 aromatic heterocycles. The largest absolute Gasteiger partial charge is 0.506 e. The molecule has 0 unspecified atom stereocenters. The lowest BCUT2D eigenvalue weighted by Gasteiger charge is -1.97. The number of aromatic nitrogens is 3. The van der Waals surface area contributed by atoms with Crippen LogP contribution in [-0.2, 0) is 0 Å². The molecule has 0 saturated heterocycles. The maximum Gasteiger partial charge on any atom is 0.259 e. The number of rotatable bonds is 2. The van der Waals surface area contributed by atoms with Gasteiger partial charge in [-0.3, -0.25) is 4.98 Å². The molecule has 0 atom stereocenters. The maximum atomic E-state index is 9.38. The Morgan fingerprint density at radius 2 is 1.85 bits per heavy atom. The first-order valence-corrected chi connectivity index (χ1v) is 6.32. The van der Waals surface area contributed by atoms with Crippen LogP contribution in [0.25, 0.3) is 22.8 Å². The number of pyridine rings is 1. The molecule has 3 aromatic rings. The van der Waals surface area contributed by atoms with Gasteiger partial charge in [-0.25, -0.2) is 0 Å². The monoisotopic (exact) mass is 307 g/mol. The molecule has 100 valence electrons. The molecule has 0 fully saturated rings. The zero-order chi connectivity index (χ0) is 14.1. The number of hydrogen-bond donors (Lipinski definition) is 1. The van der Waals surface area contributed by atoms with Crippen molar-refractivity contribution in [1.82, 2.24) is 15.1 Å². The van der Waals surface area contributed by atoms with Crippen molar-refractivity contribution in [3.8, 4) is 28.6 Å². The number of nitrogens with zero attached hydrogens (tertiary/aromatic N) is 3.